The summed E-state index contributed by atoms with van der Waals surface area (Å²) in [6.07, 6.45) is 4.69. The predicted octanol–water partition coefficient (Wildman–Crippen LogP) is 1.14. The number of carboxylic acid groups (broad SMARTS) is 1. The summed E-state index contributed by atoms with van der Waals surface area (Å²) in [7, 11) is -2.78. The molecule has 19 heavy (non-hydrogen) atoms. The van der Waals surface area contributed by atoms with Crippen LogP contribution in [0.1, 0.15) is 38.5 Å². The van der Waals surface area contributed by atoms with Gasteiger partial charge in [0.25, 0.3) is 0 Å². The number of nitrogens with zero attached hydrogens (tertiary/aromatic N) is 1. The van der Waals surface area contributed by atoms with Gasteiger partial charge in [-0.1, -0.05) is 0 Å². The molecule has 0 aliphatic carbocycles. The minimum absolute atomic E-state index is 0.270. The van der Waals surface area contributed by atoms with Crippen molar-refractivity contribution in [3.05, 3.63) is 0 Å². The smallest absolute Gasteiger partial charge is 0.303 e. The maximum Gasteiger partial charge on any atom is 0.303 e. The Morgan fingerprint density at radius 1 is 1.11 bits per heavy atom. The van der Waals surface area contributed by atoms with Gasteiger partial charge in [-0.25, -0.2) is 8.42 Å². The maximum atomic E-state index is 11.4. The molecule has 5 nitrogen and oxygen atoms in total. The quantitative estimate of drug-likeness (QED) is 0.840. The molecular weight excluding hydrogens is 266 g/mol. The number of aliphatic carboxylic acids is 1. The highest BCUT2D eigenvalue weighted by atomic mass is 32.2. The summed E-state index contributed by atoms with van der Waals surface area (Å²) >= 11 is 0. The molecule has 1 N–H and O–H groups in total. The zero-order chi connectivity index (χ0) is 13.9. The number of hydrogen-bond donors (Lipinski definition) is 1. The lowest BCUT2D eigenvalue weighted by Crippen LogP contribution is -2.45. The Labute approximate surface area is 114 Å². The summed E-state index contributed by atoms with van der Waals surface area (Å²) < 4.78 is 22.8. The van der Waals surface area contributed by atoms with Crippen molar-refractivity contribution in [1.29, 1.82) is 0 Å². The van der Waals surface area contributed by atoms with Crippen LogP contribution in [0.2, 0.25) is 0 Å². The fraction of sp³-hybridized carbons (Fsp3) is 0.923. The molecule has 0 atom stereocenters. The van der Waals surface area contributed by atoms with Crippen molar-refractivity contribution in [3.8, 4) is 0 Å². The molecule has 0 aromatic carbocycles. The summed E-state index contributed by atoms with van der Waals surface area (Å²) in [5.74, 6) is 0.479. The van der Waals surface area contributed by atoms with Crippen LogP contribution in [0.4, 0.5) is 0 Å². The van der Waals surface area contributed by atoms with E-state index in [0.717, 1.165) is 45.2 Å². The molecule has 0 bridgehead atoms. The minimum atomic E-state index is -2.78. The van der Waals surface area contributed by atoms with E-state index in [4.69, 9.17) is 5.11 Å². The van der Waals surface area contributed by atoms with Gasteiger partial charge in [0.05, 0.1) is 11.5 Å². The number of rotatable bonds is 4. The van der Waals surface area contributed by atoms with Crippen LogP contribution >= 0.6 is 0 Å². The first-order chi connectivity index (χ1) is 8.96. The summed E-state index contributed by atoms with van der Waals surface area (Å²) in [6.45, 7) is 1.99. The fourth-order valence-corrected chi connectivity index (χ4v) is 4.64. The summed E-state index contributed by atoms with van der Waals surface area (Å²) in [4.78, 5) is 13.0. The first kappa shape index (κ1) is 14.8. The van der Waals surface area contributed by atoms with Crippen molar-refractivity contribution in [2.45, 2.75) is 44.6 Å². The van der Waals surface area contributed by atoms with Crippen molar-refractivity contribution in [2.24, 2.45) is 5.92 Å². The Balaban J connectivity index is 1.73. The van der Waals surface area contributed by atoms with Gasteiger partial charge in [-0.15, -0.1) is 0 Å². The molecule has 6 heteroatoms. The van der Waals surface area contributed by atoms with Gasteiger partial charge in [0.2, 0.25) is 0 Å². The van der Waals surface area contributed by atoms with Crippen molar-refractivity contribution >= 4 is 15.8 Å². The molecule has 2 saturated heterocycles. The largest absolute Gasteiger partial charge is 0.481 e. The van der Waals surface area contributed by atoms with Gasteiger partial charge < -0.3 is 10.0 Å². The lowest BCUT2D eigenvalue weighted by Gasteiger charge is -2.39. The number of carboxylic acids is 1. The van der Waals surface area contributed by atoms with E-state index in [1.165, 1.54) is 0 Å². The van der Waals surface area contributed by atoms with E-state index in [1.54, 1.807) is 0 Å². The maximum absolute atomic E-state index is 11.4. The van der Waals surface area contributed by atoms with E-state index in [2.05, 4.69) is 4.90 Å². The zero-order valence-corrected chi connectivity index (χ0v) is 12.1. The SMILES string of the molecule is O=C(O)CCC1CCN(C2CCS(=O)(=O)CC2)CC1. The second kappa shape index (κ2) is 6.22. The lowest BCUT2D eigenvalue weighted by atomic mass is 9.91. The van der Waals surface area contributed by atoms with Crippen LogP contribution in [0, 0.1) is 5.92 Å². The van der Waals surface area contributed by atoms with E-state index in [9.17, 15) is 13.2 Å². The second-order valence-electron chi connectivity index (χ2n) is 5.79. The van der Waals surface area contributed by atoms with Crippen LogP contribution in [0.15, 0.2) is 0 Å². The average molecular weight is 289 g/mol. The average Bonchev–Trinajstić information content (AvgIpc) is 2.37. The molecule has 2 fully saturated rings. The van der Waals surface area contributed by atoms with Crippen LogP contribution < -0.4 is 0 Å². The molecule has 0 saturated carbocycles. The van der Waals surface area contributed by atoms with Crippen molar-refractivity contribution in [1.82, 2.24) is 4.90 Å². The van der Waals surface area contributed by atoms with Crippen molar-refractivity contribution < 1.29 is 18.3 Å². The van der Waals surface area contributed by atoms with E-state index >= 15 is 0 Å². The third kappa shape index (κ3) is 4.45. The van der Waals surface area contributed by atoms with Crippen LogP contribution in [0.3, 0.4) is 0 Å². The van der Waals surface area contributed by atoms with Gasteiger partial charge in [0.15, 0.2) is 0 Å². The van der Waals surface area contributed by atoms with E-state index < -0.39 is 15.8 Å². The van der Waals surface area contributed by atoms with Crippen LogP contribution in [-0.2, 0) is 14.6 Å². The van der Waals surface area contributed by atoms with Crippen molar-refractivity contribution in [3.63, 3.8) is 0 Å². The zero-order valence-electron chi connectivity index (χ0n) is 11.3. The highest BCUT2D eigenvalue weighted by Crippen LogP contribution is 2.26. The first-order valence-electron chi connectivity index (χ1n) is 7.12. The summed E-state index contributed by atoms with van der Waals surface area (Å²) in [5, 5.41) is 8.68. The number of sulfone groups is 1. The fourth-order valence-electron chi connectivity index (χ4n) is 3.18. The Kier molecular flexibility index (Phi) is 4.84. The van der Waals surface area contributed by atoms with Gasteiger partial charge in [-0.2, -0.15) is 0 Å². The normalized spacial score (nSPS) is 26.3. The molecule has 2 aliphatic heterocycles. The molecule has 0 aromatic rings. The van der Waals surface area contributed by atoms with E-state index in [0.29, 0.717) is 23.5 Å². The monoisotopic (exact) mass is 289 g/mol. The van der Waals surface area contributed by atoms with Gasteiger partial charge in [0, 0.05) is 12.5 Å². The highest BCUT2D eigenvalue weighted by Gasteiger charge is 2.30. The molecule has 0 aromatic heterocycles. The van der Waals surface area contributed by atoms with E-state index in [1.807, 2.05) is 0 Å². The van der Waals surface area contributed by atoms with Crippen LogP contribution in [0.5, 0.6) is 0 Å². The van der Waals surface area contributed by atoms with Gasteiger partial charge in [-0.05, 0) is 51.1 Å². The summed E-state index contributed by atoms with van der Waals surface area (Å²) in [6, 6.07) is 0.420. The molecule has 0 amide bonds. The van der Waals surface area contributed by atoms with Crippen molar-refractivity contribution in [2.75, 3.05) is 24.6 Å². The van der Waals surface area contributed by atoms with Crippen LogP contribution in [-0.4, -0.2) is 55.0 Å². The number of piperidine rings is 1. The number of likely N-dealkylation sites (tertiary alicyclic amines) is 1. The van der Waals surface area contributed by atoms with Gasteiger partial charge >= 0.3 is 5.97 Å². The Hall–Kier alpha value is -0.620. The lowest BCUT2D eigenvalue weighted by molar-refractivity contribution is -0.137. The highest BCUT2D eigenvalue weighted by molar-refractivity contribution is 7.91. The Morgan fingerprint density at radius 2 is 1.68 bits per heavy atom. The number of carbonyl (C=O) groups is 1. The topological polar surface area (TPSA) is 74.7 Å². The third-order valence-corrected chi connectivity index (χ3v) is 6.17. The number of hydrogen-bond acceptors (Lipinski definition) is 4. The molecule has 2 heterocycles. The molecule has 0 spiro atoms. The van der Waals surface area contributed by atoms with E-state index in [-0.39, 0.29) is 6.42 Å². The molecule has 2 rings (SSSR count). The van der Waals surface area contributed by atoms with Gasteiger partial charge in [0.1, 0.15) is 9.84 Å². The predicted molar refractivity (Wildman–Crippen MR) is 72.8 cm³/mol. The molecule has 2 aliphatic rings. The van der Waals surface area contributed by atoms with Gasteiger partial charge in [-0.3, -0.25) is 4.79 Å². The van der Waals surface area contributed by atoms with Crippen LogP contribution in [0.25, 0.3) is 0 Å². The molecular formula is C13H23NO4S. The summed E-state index contributed by atoms with van der Waals surface area (Å²) in [5.41, 5.74) is 0. The molecule has 0 unspecified atom stereocenters. The third-order valence-electron chi connectivity index (χ3n) is 4.46. The Morgan fingerprint density at radius 3 is 2.21 bits per heavy atom. The first-order valence-corrected chi connectivity index (χ1v) is 8.95. The Bertz CT molecular complexity index is 398. The minimum Gasteiger partial charge on any atom is -0.481 e. The molecule has 0 radical (unpaired) electrons. The standard InChI is InChI=1S/C13H23NO4S/c15-13(16)2-1-11-3-7-14(8-4-11)12-5-9-19(17,18)10-6-12/h11-12H,1-10H2,(H,15,16). The second-order valence-corrected chi connectivity index (χ2v) is 8.10. The molecule has 110 valence electrons.